The van der Waals surface area contributed by atoms with Gasteiger partial charge >= 0.3 is 7.60 Å². The lowest BCUT2D eigenvalue weighted by atomic mass is 10.2. The van der Waals surface area contributed by atoms with Gasteiger partial charge in [-0.3, -0.25) is 4.57 Å². The average Bonchev–Trinajstić information content (AvgIpc) is 3.38. The Bertz CT molecular complexity index is 1550. The van der Waals surface area contributed by atoms with Gasteiger partial charge in [-0.2, -0.15) is 4.73 Å². The van der Waals surface area contributed by atoms with Crippen LogP contribution in [0.3, 0.4) is 0 Å². The SMILES string of the molecule is CC(=CC(COn1cnc2c(N)ncnc21)O[Si](c1ccccc1)(c1ccccc1)C(C)(C)C)P(=O)(OC(C)C)OC(C)C. The van der Waals surface area contributed by atoms with Gasteiger partial charge in [0, 0.05) is 5.31 Å². The molecule has 0 aliphatic heterocycles. The molecule has 0 spiro atoms. The third kappa shape index (κ3) is 7.30. The maximum absolute atomic E-state index is 14.2. The maximum atomic E-state index is 14.2. The number of hydrogen-bond donors (Lipinski definition) is 1. The smallest absolute Gasteiger partial charge is 0.357 e. The first-order valence-corrected chi connectivity index (χ1v) is 18.2. The highest BCUT2D eigenvalue weighted by Gasteiger charge is 2.51. The summed E-state index contributed by atoms with van der Waals surface area (Å²) in [6.45, 7) is 15.7. The van der Waals surface area contributed by atoms with E-state index >= 15 is 0 Å². The first kappa shape index (κ1) is 33.5. The molecule has 10 nitrogen and oxygen atoms in total. The summed E-state index contributed by atoms with van der Waals surface area (Å²) >= 11 is 0. The Morgan fingerprint density at radius 3 is 1.98 bits per heavy atom. The van der Waals surface area contributed by atoms with Gasteiger partial charge in [0.1, 0.15) is 25.4 Å². The number of imidazole rings is 1. The Labute approximate surface area is 261 Å². The second-order valence-corrected chi connectivity index (χ2v) is 18.6. The Balaban J connectivity index is 1.86. The number of anilines is 1. The average molecular weight is 638 g/mol. The number of benzene rings is 2. The van der Waals surface area contributed by atoms with Crippen molar-refractivity contribution < 1.29 is 22.9 Å². The van der Waals surface area contributed by atoms with Gasteiger partial charge in [-0.25, -0.2) is 15.0 Å². The molecule has 44 heavy (non-hydrogen) atoms. The lowest BCUT2D eigenvalue weighted by Crippen LogP contribution is -2.68. The standard InChI is InChI=1S/C32H44N5O5PSi/c1-23(2)40-43(38,41-24(3)4)25(5)19-26(20-39-37-22-36-29-30(33)34-21-35-31(29)37)42-44(32(6,7)8,27-15-11-9-12-16-27)28-17-13-10-14-18-28/h9-19,21-24,26H,20H2,1-8H3,(H2,33,34,35). The van der Waals surface area contributed by atoms with Crippen LogP contribution in [0, 0.1) is 0 Å². The molecule has 0 aliphatic rings. The predicted octanol–water partition coefficient (Wildman–Crippen LogP) is 5.73. The number of fused-ring (bicyclic) bond motifs is 1. The molecule has 4 aromatic rings. The van der Waals surface area contributed by atoms with Crippen LogP contribution in [-0.2, 0) is 18.0 Å². The Hall–Kier alpha value is -3.34. The van der Waals surface area contributed by atoms with E-state index in [0.717, 1.165) is 10.4 Å². The molecule has 0 aliphatic carbocycles. The van der Waals surface area contributed by atoms with Gasteiger partial charge in [-0.1, -0.05) is 81.4 Å². The molecular formula is C32H44N5O5PSi. The van der Waals surface area contributed by atoms with Crippen molar-refractivity contribution in [3.8, 4) is 0 Å². The lowest BCUT2D eigenvalue weighted by molar-refractivity contribution is 0.0574. The van der Waals surface area contributed by atoms with Gasteiger partial charge in [0.25, 0.3) is 8.32 Å². The lowest BCUT2D eigenvalue weighted by Gasteiger charge is -2.44. The molecule has 1 atom stereocenters. The van der Waals surface area contributed by atoms with Gasteiger partial charge in [-0.05, 0) is 56.1 Å². The van der Waals surface area contributed by atoms with Crippen molar-refractivity contribution in [1.82, 2.24) is 19.7 Å². The molecule has 2 N–H and O–H groups in total. The number of nitrogen functional groups attached to an aromatic ring is 1. The minimum Gasteiger partial charge on any atom is -0.408 e. The summed E-state index contributed by atoms with van der Waals surface area (Å²) in [7, 11) is -6.72. The third-order valence-electron chi connectivity index (χ3n) is 7.01. The van der Waals surface area contributed by atoms with E-state index in [9.17, 15) is 4.57 Å². The zero-order valence-corrected chi connectivity index (χ0v) is 28.7. The highest BCUT2D eigenvalue weighted by atomic mass is 31.2. The fraction of sp³-hybridized carbons (Fsp3) is 0.406. The van der Waals surface area contributed by atoms with Crippen molar-refractivity contribution in [1.29, 1.82) is 0 Å². The van der Waals surface area contributed by atoms with E-state index in [-0.39, 0.29) is 29.7 Å². The monoisotopic (exact) mass is 637 g/mol. The van der Waals surface area contributed by atoms with Crippen LogP contribution in [0.4, 0.5) is 5.82 Å². The van der Waals surface area contributed by atoms with Crippen molar-refractivity contribution in [2.24, 2.45) is 0 Å². The van der Waals surface area contributed by atoms with Crippen LogP contribution < -0.4 is 20.9 Å². The van der Waals surface area contributed by atoms with Crippen LogP contribution in [0.2, 0.25) is 5.04 Å². The van der Waals surface area contributed by atoms with Crippen molar-refractivity contribution in [3.05, 3.63) is 84.7 Å². The number of nitrogens with zero attached hydrogens (tertiary/aromatic N) is 4. The molecule has 4 rings (SSSR count). The largest absolute Gasteiger partial charge is 0.408 e. The normalized spacial score (nSPS) is 14.0. The molecule has 0 fully saturated rings. The number of nitrogens with two attached hydrogens (primary N) is 1. The van der Waals surface area contributed by atoms with E-state index in [1.54, 1.807) is 6.92 Å². The molecule has 0 radical (unpaired) electrons. The molecule has 0 amide bonds. The minimum absolute atomic E-state index is 0.0422. The molecular weight excluding hydrogens is 593 g/mol. The van der Waals surface area contributed by atoms with Gasteiger partial charge in [0.2, 0.25) is 5.65 Å². The van der Waals surface area contributed by atoms with E-state index in [1.165, 1.54) is 17.4 Å². The van der Waals surface area contributed by atoms with Crippen molar-refractivity contribution in [3.63, 3.8) is 0 Å². The van der Waals surface area contributed by atoms with Gasteiger partial charge in [0.15, 0.2) is 11.3 Å². The summed E-state index contributed by atoms with van der Waals surface area (Å²) in [5.74, 6) is 0.255. The number of allylic oxidation sites excluding steroid dienone is 1. The van der Waals surface area contributed by atoms with Crippen LogP contribution >= 0.6 is 7.60 Å². The van der Waals surface area contributed by atoms with Gasteiger partial charge < -0.3 is 24.0 Å². The Morgan fingerprint density at radius 2 is 1.48 bits per heavy atom. The van der Waals surface area contributed by atoms with Crippen molar-refractivity contribution >= 4 is 43.3 Å². The predicted molar refractivity (Wildman–Crippen MR) is 177 cm³/mol. The molecule has 2 heterocycles. The van der Waals surface area contributed by atoms with Crippen LogP contribution in [0.25, 0.3) is 11.2 Å². The summed E-state index contributed by atoms with van der Waals surface area (Å²) in [6, 6.07) is 20.6. The summed E-state index contributed by atoms with van der Waals surface area (Å²) < 4.78 is 34.9. The van der Waals surface area contributed by atoms with Crippen LogP contribution in [0.15, 0.2) is 84.7 Å². The molecule has 2 aromatic carbocycles. The zero-order valence-electron chi connectivity index (χ0n) is 26.8. The Morgan fingerprint density at radius 1 is 0.932 bits per heavy atom. The van der Waals surface area contributed by atoms with E-state index < -0.39 is 22.0 Å². The maximum Gasteiger partial charge on any atom is 0.357 e. The first-order chi connectivity index (χ1) is 20.8. The fourth-order valence-electron chi connectivity index (χ4n) is 5.22. The highest BCUT2D eigenvalue weighted by Crippen LogP contribution is 2.58. The van der Waals surface area contributed by atoms with E-state index in [0.29, 0.717) is 16.5 Å². The molecule has 2 aromatic heterocycles. The fourth-order valence-corrected chi connectivity index (χ4v) is 11.7. The Kier molecular flexibility index (Phi) is 10.5. The van der Waals surface area contributed by atoms with Crippen molar-refractivity contribution in [2.45, 2.75) is 78.7 Å². The van der Waals surface area contributed by atoms with Gasteiger partial charge in [-0.15, -0.1) is 0 Å². The summed E-state index contributed by atoms with van der Waals surface area (Å²) in [6.07, 6.45) is 3.35. The number of aromatic nitrogens is 4. The number of hydrogen-bond acceptors (Lipinski definition) is 9. The van der Waals surface area contributed by atoms with Crippen LogP contribution in [0.1, 0.15) is 55.4 Å². The van der Waals surface area contributed by atoms with Crippen molar-refractivity contribution in [2.75, 3.05) is 12.3 Å². The molecule has 236 valence electrons. The molecule has 0 saturated carbocycles. The first-order valence-electron chi connectivity index (χ1n) is 14.8. The van der Waals surface area contributed by atoms with E-state index in [2.05, 4.69) is 60.0 Å². The topological polar surface area (TPSA) is 124 Å². The second kappa shape index (κ2) is 13.7. The summed E-state index contributed by atoms with van der Waals surface area (Å²) in [5, 5.41) is 2.33. The van der Waals surface area contributed by atoms with Crippen LogP contribution in [-0.4, -0.2) is 52.9 Å². The summed E-state index contributed by atoms with van der Waals surface area (Å²) in [4.78, 5) is 18.9. The molecule has 0 saturated heterocycles. The van der Waals surface area contributed by atoms with E-state index in [4.69, 9.17) is 24.0 Å². The minimum atomic E-state index is -3.67. The molecule has 12 heteroatoms. The van der Waals surface area contributed by atoms with E-state index in [1.807, 2.05) is 70.2 Å². The quantitative estimate of drug-likeness (QED) is 0.145. The van der Waals surface area contributed by atoms with Crippen LogP contribution in [0.5, 0.6) is 0 Å². The molecule has 1 unspecified atom stereocenters. The highest BCUT2D eigenvalue weighted by molar-refractivity contribution is 7.58. The summed E-state index contributed by atoms with van der Waals surface area (Å²) in [5.41, 5.74) is 6.87. The van der Waals surface area contributed by atoms with Gasteiger partial charge in [0.05, 0.1) is 12.2 Å². The number of rotatable bonds is 13. The zero-order chi connectivity index (χ0) is 32.1. The second-order valence-electron chi connectivity index (χ2n) is 12.2. The third-order valence-corrected chi connectivity index (χ3v) is 14.5. The molecule has 0 bridgehead atoms.